The molecule has 0 heterocycles. The molecule has 0 aliphatic heterocycles. The number of halogens is 3. The molecule has 0 radical (unpaired) electrons. The normalized spacial score (nSPS) is 13.2. The molecule has 1 unspecified atom stereocenters. The molecule has 0 rings (SSSR count). The van der Waals surface area contributed by atoms with Crippen molar-refractivity contribution >= 4 is 5.97 Å². The van der Waals surface area contributed by atoms with Crippen LogP contribution in [0.1, 0.15) is 33.1 Å². The molecule has 0 fully saturated rings. The number of hydrogen-bond donors (Lipinski definition) is 0. The van der Waals surface area contributed by atoms with Gasteiger partial charge >= 0.3 is 12.1 Å². The number of nitriles is 2. The zero-order valence-corrected chi connectivity index (χ0v) is 10.8. The first-order valence-electron chi connectivity index (χ1n) is 5.82. The molecule has 0 saturated carbocycles. The van der Waals surface area contributed by atoms with E-state index in [0.717, 1.165) is 0 Å². The minimum Gasteiger partial charge on any atom is -0.466 e. The van der Waals surface area contributed by atoms with Crippen LogP contribution in [0.5, 0.6) is 0 Å². The Hall–Kier alpha value is -1.76. The van der Waals surface area contributed by atoms with Gasteiger partial charge in [0.05, 0.1) is 24.7 Å². The summed E-state index contributed by atoms with van der Waals surface area (Å²) < 4.78 is 41.4. The van der Waals surface area contributed by atoms with E-state index in [2.05, 4.69) is 0 Å². The Morgan fingerprint density at radius 3 is 2.05 bits per heavy atom. The minimum atomic E-state index is -4.48. The standard InChI is InChI=1S/C12H15F3N2O2/c1-3-9(10(18)19-4-2)11(7-16,8-17)5-6-12(13,14)15/h9H,3-6H2,1-2H3. The van der Waals surface area contributed by atoms with Crippen LogP contribution < -0.4 is 0 Å². The van der Waals surface area contributed by atoms with Crippen molar-refractivity contribution in [1.82, 2.24) is 0 Å². The highest BCUT2D eigenvalue weighted by Gasteiger charge is 2.46. The lowest BCUT2D eigenvalue weighted by molar-refractivity contribution is -0.154. The van der Waals surface area contributed by atoms with Crippen LogP contribution >= 0.6 is 0 Å². The van der Waals surface area contributed by atoms with Crippen LogP contribution in [-0.2, 0) is 9.53 Å². The Bertz CT molecular complexity index is 379. The number of ether oxygens (including phenoxy) is 1. The predicted molar refractivity (Wildman–Crippen MR) is 59.4 cm³/mol. The average Bonchev–Trinajstić information content (AvgIpc) is 2.33. The van der Waals surface area contributed by atoms with E-state index >= 15 is 0 Å². The summed E-state index contributed by atoms with van der Waals surface area (Å²) in [5.41, 5.74) is -2.00. The van der Waals surface area contributed by atoms with E-state index in [0.29, 0.717) is 0 Å². The summed E-state index contributed by atoms with van der Waals surface area (Å²) >= 11 is 0. The van der Waals surface area contributed by atoms with Crippen LogP contribution in [0.2, 0.25) is 0 Å². The zero-order valence-electron chi connectivity index (χ0n) is 10.8. The van der Waals surface area contributed by atoms with Crippen molar-refractivity contribution < 1.29 is 22.7 Å². The van der Waals surface area contributed by atoms with Crippen molar-refractivity contribution in [2.45, 2.75) is 39.3 Å². The van der Waals surface area contributed by atoms with Gasteiger partial charge in [0.25, 0.3) is 0 Å². The van der Waals surface area contributed by atoms with E-state index in [9.17, 15) is 18.0 Å². The number of hydrogen-bond acceptors (Lipinski definition) is 4. The average molecular weight is 276 g/mol. The molecule has 19 heavy (non-hydrogen) atoms. The number of esters is 1. The molecule has 0 amide bonds. The van der Waals surface area contributed by atoms with Crippen molar-refractivity contribution in [3.63, 3.8) is 0 Å². The molecule has 0 N–H and O–H groups in total. The molecule has 1 atom stereocenters. The van der Waals surface area contributed by atoms with Crippen LogP contribution in [0.25, 0.3) is 0 Å². The van der Waals surface area contributed by atoms with Crippen molar-refractivity contribution in [2.24, 2.45) is 11.3 Å². The first-order valence-corrected chi connectivity index (χ1v) is 5.82. The predicted octanol–water partition coefficient (Wildman–Crippen LogP) is 2.95. The van der Waals surface area contributed by atoms with Gasteiger partial charge in [0.2, 0.25) is 0 Å². The third-order valence-corrected chi connectivity index (χ3v) is 2.78. The Balaban J connectivity index is 5.21. The molecule has 0 spiro atoms. The van der Waals surface area contributed by atoms with Gasteiger partial charge in [-0.05, 0) is 19.8 Å². The molecule has 7 heteroatoms. The molecular formula is C12H15F3N2O2. The van der Waals surface area contributed by atoms with Gasteiger partial charge in [-0.2, -0.15) is 23.7 Å². The Labute approximate surface area is 109 Å². The molecule has 0 aliphatic rings. The topological polar surface area (TPSA) is 73.9 Å². The van der Waals surface area contributed by atoms with E-state index in [4.69, 9.17) is 15.3 Å². The van der Waals surface area contributed by atoms with Gasteiger partial charge in [-0.15, -0.1) is 0 Å². The third kappa shape index (κ3) is 4.78. The lowest BCUT2D eigenvalue weighted by Gasteiger charge is -2.26. The van der Waals surface area contributed by atoms with E-state index < -0.39 is 36.3 Å². The van der Waals surface area contributed by atoms with Crippen molar-refractivity contribution in [3.8, 4) is 12.1 Å². The Kier molecular flexibility index (Phi) is 6.34. The second-order valence-corrected chi connectivity index (χ2v) is 4.02. The molecule has 106 valence electrons. The summed E-state index contributed by atoms with van der Waals surface area (Å²) in [6, 6.07) is 3.13. The zero-order chi connectivity index (χ0) is 15.1. The van der Waals surface area contributed by atoms with Crippen molar-refractivity contribution in [3.05, 3.63) is 0 Å². The third-order valence-electron chi connectivity index (χ3n) is 2.78. The molecule has 0 aromatic rings. The smallest absolute Gasteiger partial charge is 0.389 e. The Morgan fingerprint density at radius 2 is 1.74 bits per heavy atom. The second-order valence-electron chi connectivity index (χ2n) is 4.02. The van der Waals surface area contributed by atoms with E-state index in [-0.39, 0.29) is 13.0 Å². The van der Waals surface area contributed by atoms with Gasteiger partial charge in [0.15, 0.2) is 5.41 Å². The summed E-state index contributed by atoms with van der Waals surface area (Å²) in [5.74, 6) is -1.99. The first kappa shape index (κ1) is 17.2. The van der Waals surface area contributed by atoms with Gasteiger partial charge in [-0.1, -0.05) is 6.92 Å². The number of carbonyl (C=O) groups excluding carboxylic acids is 1. The van der Waals surface area contributed by atoms with Gasteiger partial charge in [0, 0.05) is 6.42 Å². The molecule has 0 bridgehead atoms. The minimum absolute atomic E-state index is 0.0432. The van der Waals surface area contributed by atoms with Gasteiger partial charge in [-0.25, -0.2) is 0 Å². The van der Waals surface area contributed by atoms with E-state index in [1.54, 1.807) is 19.1 Å². The lowest BCUT2D eigenvalue weighted by Crippen LogP contribution is -2.35. The summed E-state index contributed by atoms with van der Waals surface area (Å²) in [6.45, 7) is 3.11. The number of rotatable bonds is 6. The number of carbonyl (C=O) groups is 1. The fourth-order valence-corrected chi connectivity index (χ4v) is 1.76. The Morgan fingerprint density at radius 1 is 1.21 bits per heavy atom. The second kappa shape index (κ2) is 6.98. The summed E-state index contributed by atoms with van der Waals surface area (Å²) in [7, 11) is 0. The molecular weight excluding hydrogens is 261 g/mol. The SMILES string of the molecule is CCOC(=O)C(CC)C(C#N)(C#N)CCC(F)(F)F. The molecule has 0 aromatic carbocycles. The molecule has 0 aromatic heterocycles. The lowest BCUT2D eigenvalue weighted by atomic mass is 9.73. The summed E-state index contributed by atoms with van der Waals surface area (Å²) in [6.07, 6.45) is -6.44. The largest absolute Gasteiger partial charge is 0.466 e. The maximum atomic E-state index is 12.2. The van der Waals surface area contributed by atoms with Gasteiger partial charge in [-0.3, -0.25) is 4.79 Å². The maximum absolute atomic E-state index is 12.2. The van der Waals surface area contributed by atoms with Gasteiger partial charge in [0.1, 0.15) is 0 Å². The fourth-order valence-electron chi connectivity index (χ4n) is 1.76. The fraction of sp³-hybridized carbons (Fsp3) is 0.750. The van der Waals surface area contributed by atoms with Crippen molar-refractivity contribution in [2.75, 3.05) is 6.61 Å². The van der Waals surface area contributed by atoms with Crippen molar-refractivity contribution in [1.29, 1.82) is 10.5 Å². The monoisotopic (exact) mass is 276 g/mol. The number of alkyl halides is 3. The quantitative estimate of drug-likeness (QED) is 0.699. The van der Waals surface area contributed by atoms with Gasteiger partial charge < -0.3 is 4.74 Å². The highest BCUT2D eigenvalue weighted by molar-refractivity contribution is 5.74. The summed E-state index contributed by atoms with van der Waals surface area (Å²) in [4.78, 5) is 11.7. The molecule has 0 aliphatic carbocycles. The first-order chi connectivity index (χ1) is 8.76. The number of nitrogens with zero attached hydrogens (tertiary/aromatic N) is 2. The van der Waals surface area contributed by atoms with Crippen LogP contribution in [0.15, 0.2) is 0 Å². The molecule has 0 saturated heterocycles. The van der Waals surface area contributed by atoms with Crippen LogP contribution in [0, 0.1) is 34.0 Å². The van der Waals surface area contributed by atoms with Crippen LogP contribution in [0.4, 0.5) is 13.2 Å². The highest BCUT2D eigenvalue weighted by Crippen LogP contribution is 2.38. The van der Waals surface area contributed by atoms with E-state index in [1.807, 2.05) is 0 Å². The summed E-state index contributed by atoms with van der Waals surface area (Å²) in [5, 5.41) is 18.1. The molecule has 4 nitrogen and oxygen atoms in total. The van der Waals surface area contributed by atoms with Crippen LogP contribution in [0.3, 0.4) is 0 Å². The maximum Gasteiger partial charge on any atom is 0.389 e. The van der Waals surface area contributed by atoms with E-state index in [1.165, 1.54) is 6.92 Å². The van der Waals surface area contributed by atoms with Crippen LogP contribution in [-0.4, -0.2) is 18.8 Å². The highest BCUT2D eigenvalue weighted by atomic mass is 19.4.